The second-order valence-electron chi connectivity index (χ2n) is 13.5. The van der Waals surface area contributed by atoms with E-state index in [1.165, 1.54) is 0 Å². The van der Waals surface area contributed by atoms with Gasteiger partial charge in [0.15, 0.2) is 6.29 Å². The van der Waals surface area contributed by atoms with Crippen LogP contribution in [0.4, 0.5) is 0 Å². The number of hydrogen-bond acceptors (Lipinski definition) is 6. The summed E-state index contributed by atoms with van der Waals surface area (Å²) in [5.74, 6) is 0. The van der Waals surface area contributed by atoms with Gasteiger partial charge in [-0.3, -0.25) is 0 Å². The molecular weight excluding hydrogens is 685 g/mol. The van der Waals surface area contributed by atoms with E-state index in [9.17, 15) is 0 Å². The Morgan fingerprint density at radius 2 is 0.818 bits per heavy atom. The van der Waals surface area contributed by atoms with Crippen LogP contribution in [0.3, 0.4) is 0 Å². The highest BCUT2D eigenvalue weighted by Gasteiger charge is 2.50. The van der Waals surface area contributed by atoms with Crippen LogP contribution < -0.4 is 0 Å². The maximum absolute atomic E-state index is 7.36. The summed E-state index contributed by atoms with van der Waals surface area (Å²) in [5.41, 5.74) is 5.09. The zero-order valence-corrected chi connectivity index (χ0v) is 31.0. The third kappa shape index (κ3) is 9.56. The lowest BCUT2D eigenvalue weighted by atomic mass is 9.80. The SMILES string of the molecule is C=CCOC1OC(COC(c2ccccc2)(c2ccccc2)c2ccccc2)C(OCc2ccccc2)C(OCc2ccccc2)C1OCc1ccccc1. The molecule has 0 N–H and O–H groups in total. The summed E-state index contributed by atoms with van der Waals surface area (Å²) in [6, 6.07) is 61.4. The monoisotopic (exact) mass is 732 g/mol. The van der Waals surface area contributed by atoms with Crippen molar-refractivity contribution in [2.45, 2.75) is 56.1 Å². The van der Waals surface area contributed by atoms with Crippen LogP contribution in [0.2, 0.25) is 0 Å². The van der Waals surface area contributed by atoms with Gasteiger partial charge in [-0.05, 0) is 33.4 Å². The molecule has 7 rings (SSSR count). The fraction of sp³-hybridized carbons (Fsp3) is 0.224. The Morgan fingerprint density at radius 1 is 0.455 bits per heavy atom. The lowest BCUT2D eigenvalue weighted by Gasteiger charge is -2.47. The van der Waals surface area contributed by atoms with Gasteiger partial charge in [-0.1, -0.05) is 188 Å². The molecule has 1 aliphatic heterocycles. The van der Waals surface area contributed by atoms with Crippen molar-refractivity contribution < 1.29 is 28.4 Å². The molecular formula is C49H48O6. The molecule has 0 bridgehead atoms. The molecule has 5 atom stereocenters. The van der Waals surface area contributed by atoms with Gasteiger partial charge >= 0.3 is 0 Å². The van der Waals surface area contributed by atoms with E-state index in [1.54, 1.807) is 6.08 Å². The number of rotatable bonds is 18. The summed E-state index contributed by atoms with van der Waals surface area (Å²) in [5, 5.41) is 0. The summed E-state index contributed by atoms with van der Waals surface area (Å²) in [4.78, 5) is 0. The second kappa shape index (κ2) is 19.4. The van der Waals surface area contributed by atoms with E-state index in [1.807, 2.05) is 121 Å². The summed E-state index contributed by atoms with van der Waals surface area (Å²) >= 11 is 0. The van der Waals surface area contributed by atoms with E-state index in [2.05, 4.69) is 67.2 Å². The average Bonchev–Trinajstić information content (AvgIpc) is 3.26. The van der Waals surface area contributed by atoms with Crippen LogP contribution in [0.1, 0.15) is 33.4 Å². The minimum atomic E-state index is -0.977. The van der Waals surface area contributed by atoms with Gasteiger partial charge in [0.25, 0.3) is 0 Å². The highest BCUT2D eigenvalue weighted by Crippen LogP contribution is 2.42. The first kappa shape index (κ1) is 38.1. The van der Waals surface area contributed by atoms with E-state index < -0.39 is 36.3 Å². The van der Waals surface area contributed by atoms with Crippen molar-refractivity contribution >= 4 is 0 Å². The molecule has 6 nitrogen and oxygen atoms in total. The molecule has 0 amide bonds. The summed E-state index contributed by atoms with van der Waals surface area (Å²) in [6.07, 6.45) is -1.61. The van der Waals surface area contributed by atoms with Crippen LogP contribution in [0, 0.1) is 0 Å². The summed E-state index contributed by atoms with van der Waals surface area (Å²) < 4.78 is 41.3. The Morgan fingerprint density at radius 3 is 1.22 bits per heavy atom. The third-order valence-corrected chi connectivity index (χ3v) is 9.83. The topological polar surface area (TPSA) is 55.4 Å². The molecule has 5 unspecified atom stereocenters. The molecule has 1 aliphatic rings. The lowest BCUT2D eigenvalue weighted by molar-refractivity contribution is -0.328. The van der Waals surface area contributed by atoms with Crippen molar-refractivity contribution in [2.75, 3.05) is 13.2 Å². The highest BCUT2D eigenvalue weighted by molar-refractivity contribution is 5.47. The maximum Gasteiger partial charge on any atom is 0.187 e. The van der Waals surface area contributed by atoms with Crippen LogP contribution in [0.15, 0.2) is 195 Å². The first-order valence-electron chi connectivity index (χ1n) is 18.9. The normalized spacial score (nSPS) is 19.8. The molecule has 0 spiro atoms. The van der Waals surface area contributed by atoms with Crippen molar-refractivity contribution in [1.82, 2.24) is 0 Å². The van der Waals surface area contributed by atoms with Crippen LogP contribution in [0.5, 0.6) is 0 Å². The standard InChI is InChI=1S/C49H48O6/c1-2-33-50-48-47(53-36-40-25-13-5-14-26-40)46(52-35-39-23-11-4-12-24-39)45(51-34-38-21-9-3-10-22-38)44(55-48)37-54-49(41-27-15-6-16-28-41,42-29-17-7-18-30-42)43-31-19-8-20-32-43/h2-32,44-48H,1,33-37H2. The Hall–Kier alpha value is -5.18. The van der Waals surface area contributed by atoms with Crippen molar-refractivity contribution in [3.8, 4) is 0 Å². The Labute approximate surface area is 324 Å². The molecule has 280 valence electrons. The first-order valence-corrected chi connectivity index (χ1v) is 18.9. The smallest absolute Gasteiger partial charge is 0.187 e. The zero-order valence-electron chi connectivity index (χ0n) is 31.0. The van der Waals surface area contributed by atoms with E-state index in [0.29, 0.717) is 19.8 Å². The molecule has 0 aromatic heterocycles. The molecule has 0 radical (unpaired) electrons. The minimum absolute atomic E-state index is 0.142. The number of benzene rings is 6. The van der Waals surface area contributed by atoms with Gasteiger partial charge in [0.1, 0.15) is 30.0 Å². The van der Waals surface area contributed by atoms with Gasteiger partial charge in [-0.15, -0.1) is 6.58 Å². The fourth-order valence-electron chi connectivity index (χ4n) is 7.15. The molecule has 6 heteroatoms. The highest BCUT2D eigenvalue weighted by atomic mass is 16.7. The quantitative estimate of drug-likeness (QED) is 0.0648. The van der Waals surface area contributed by atoms with Crippen LogP contribution in [-0.4, -0.2) is 43.9 Å². The second-order valence-corrected chi connectivity index (χ2v) is 13.5. The van der Waals surface area contributed by atoms with Crippen molar-refractivity contribution in [3.63, 3.8) is 0 Å². The van der Waals surface area contributed by atoms with Crippen LogP contribution in [-0.2, 0) is 53.8 Å². The molecule has 6 aromatic rings. The van der Waals surface area contributed by atoms with Gasteiger partial charge in [0.2, 0.25) is 0 Å². The summed E-state index contributed by atoms with van der Waals surface area (Å²) in [6.45, 7) is 5.33. The van der Waals surface area contributed by atoms with Gasteiger partial charge in [0, 0.05) is 0 Å². The van der Waals surface area contributed by atoms with Gasteiger partial charge in [-0.2, -0.15) is 0 Å². The predicted molar refractivity (Wildman–Crippen MR) is 215 cm³/mol. The number of ether oxygens (including phenoxy) is 6. The lowest BCUT2D eigenvalue weighted by Crippen LogP contribution is -2.62. The molecule has 0 aliphatic carbocycles. The fourth-order valence-corrected chi connectivity index (χ4v) is 7.15. The molecule has 1 saturated heterocycles. The van der Waals surface area contributed by atoms with Crippen LogP contribution >= 0.6 is 0 Å². The molecule has 55 heavy (non-hydrogen) atoms. The Bertz CT molecular complexity index is 1880. The Kier molecular flexibility index (Phi) is 13.5. The largest absolute Gasteiger partial charge is 0.368 e. The van der Waals surface area contributed by atoms with Crippen molar-refractivity contribution in [1.29, 1.82) is 0 Å². The van der Waals surface area contributed by atoms with E-state index >= 15 is 0 Å². The average molecular weight is 733 g/mol. The molecule has 1 heterocycles. The van der Waals surface area contributed by atoms with Crippen molar-refractivity contribution in [2.24, 2.45) is 0 Å². The summed E-state index contributed by atoms with van der Waals surface area (Å²) in [7, 11) is 0. The molecule has 1 fully saturated rings. The molecule has 6 aromatic carbocycles. The van der Waals surface area contributed by atoms with E-state index in [4.69, 9.17) is 28.4 Å². The van der Waals surface area contributed by atoms with Gasteiger partial charge in [-0.25, -0.2) is 0 Å². The third-order valence-electron chi connectivity index (χ3n) is 9.83. The van der Waals surface area contributed by atoms with Crippen LogP contribution in [0.25, 0.3) is 0 Å². The Balaban J connectivity index is 1.29. The predicted octanol–water partition coefficient (Wildman–Crippen LogP) is 9.68. The number of hydrogen-bond donors (Lipinski definition) is 0. The van der Waals surface area contributed by atoms with E-state index in [-0.39, 0.29) is 13.2 Å². The maximum atomic E-state index is 7.36. The van der Waals surface area contributed by atoms with E-state index in [0.717, 1.165) is 33.4 Å². The van der Waals surface area contributed by atoms with Gasteiger partial charge in [0.05, 0.1) is 33.0 Å². The van der Waals surface area contributed by atoms with Gasteiger partial charge < -0.3 is 28.4 Å². The zero-order chi connectivity index (χ0) is 37.5. The first-order chi connectivity index (χ1) is 27.2. The minimum Gasteiger partial charge on any atom is -0.368 e. The molecule has 0 saturated carbocycles. The van der Waals surface area contributed by atoms with Crippen molar-refractivity contribution in [3.05, 3.63) is 228 Å².